The molecule has 0 bridgehead atoms. The molecular weight excluding hydrogens is 526 g/mol. The highest BCUT2D eigenvalue weighted by Gasteiger charge is 2.26. The smallest absolute Gasteiger partial charge is 0.0442 e. The first-order chi connectivity index (χ1) is 19.2. The molecule has 0 aliphatic rings. The third-order valence-corrected chi connectivity index (χ3v) is 12.7. The molecule has 0 aliphatic carbocycles. The normalized spacial score (nSPS) is 11.2. The highest BCUT2D eigenvalue weighted by Crippen LogP contribution is 2.46. The first-order valence-corrected chi connectivity index (χ1v) is 16.9. The standard InChI is InChI=1S/C34H44N4P2/c1-35(2)27-17-9-13-21-31(27)39(32-22-14-10-18-28(32)36(3)4)25-26-40(33-23-15-11-19-29(33)37(5)6)34-24-16-12-20-30(34)38(7)8/h9-24H,25-26H2,1-8H3. The number of hydrogen-bond donors (Lipinski definition) is 0. The van der Waals surface area contributed by atoms with E-state index < -0.39 is 15.8 Å². The van der Waals surface area contributed by atoms with Crippen molar-refractivity contribution in [2.75, 3.05) is 88.3 Å². The lowest BCUT2D eigenvalue weighted by Crippen LogP contribution is -2.29. The molecule has 0 amide bonds. The second-order valence-electron chi connectivity index (χ2n) is 10.8. The molecule has 4 aromatic carbocycles. The van der Waals surface area contributed by atoms with Gasteiger partial charge in [0.25, 0.3) is 0 Å². The molecule has 0 heterocycles. The van der Waals surface area contributed by atoms with Gasteiger partial charge in [0.1, 0.15) is 0 Å². The van der Waals surface area contributed by atoms with Crippen molar-refractivity contribution >= 4 is 59.8 Å². The molecule has 0 aromatic heterocycles. The minimum absolute atomic E-state index is 0.615. The number of para-hydroxylation sites is 4. The highest BCUT2D eigenvalue weighted by atomic mass is 31.1. The fourth-order valence-electron chi connectivity index (χ4n) is 5.22. The zero-order chi connectivity index (χ0) is 28.8. The first-order valence-electron chi connectivity index (χ1n) is 13.8. The summed E-state index contributed by atoms with van der Waals surface area (Å²) in [7, 11) is 16.1. The minimum atomic E-state index is -0.615. The average molecular weight is 571 g/mol. The molecule has 4 rings (SSSR count). The van der Waals surface area contributed by atoms with Crippen LogP contribution >= 0.6 is 15.8 Å². The van der Waals surface area contributed by atoms with Crippen LogP contribution < -0.4 is 40.8 Å². The van der Waals surface area contributed by atoms with E-state index in [-0.39, 0.29) is 0 Å². The molecule has 4 aromatic rings. The summed E-state index contributed by atoms with van der Waals surface area (Å²) in [4.78, 5) is 9.09. The fraction of sp³-hybridized carbons (Fsp3) is 0.294. The van der Waals surface area contributed by atoms with Crippen LogP contribution in [0.4, 0.5) is 22.7 Å². The Bertz CT molecular complexity index is 1190. The third kappa shape index (κ3) is 6.63. The van der Waals surface area contributed by atoms with Gasteiger partial charge in [-0.1, -0.05) is 72.8 Å². The lowest BCUT2D eigenvalue weighted by molar-refractivity contribution is 1.14. The molecule has 0 saturated carbocycles. The quantitative estimate of drug-likeness (QED) is 0.220. The van der Waals surface area contributed by atoms with Gasteiger partial charge >= 0.3 is 0 Å². The van der Waals surface area contributed by atoms with Gasteiger partial charge in [0, 0.05) is 100 Å². The van der Waals surface area contributed by atoms with Crippen LogP contribution in [0.5, 0.6) is 0 Å². The molecule has 4 nitrogen and oxygen atoms in total. The van der Waals surface area contributed by atoms with Crippen molar-refractivity contribution in [3.63, 3.8) is 0 Å². The number of benzene rings is 4. The summed E-state index contributed by atoms with van der Waals surface area (Å²) in [5.41, 5.74) is 5.26. The van der Waals surface area contributed by atoms with Gasteiger partial charge in [-0.05, 0) is 52.4 Å². The van der Waals surface area contributed by atoms with E-state index in [9.17, 15) is 0 Å². The monoisotopic (exact) mass is 570 g/mol. The third-order valence-electron chi connectivity index (χ3n) is 7.16. The van der Waals surface area contributed by atoms with Gasteiger partial charge in [-0.15, -0.1) is 0 Å². The Kier molecular flexibility index (Phi) is 10.1. The maximum Gasteiger partial charge on any atom is 0.0442 e. The van der Waals surface area contributed by atoms with Gasteiger partial charge in [0.05, 0.1) is 0 Å². The molecule has 40 heavy (non-hydrogen) atoms. The number of rotatable bonds is 11. The molecule has 0 spiro atoms. The number of anilines is 4. The molecule has 0 saturated heterocycles. The molecular formula is C34H44N4P2. The lowest BCUT2D eigenvalue weighted by atomic mass is 10.3. The van der Waals surface area contributed by atoms with Crippen molar-refractivity contribution in [1.29, 1.82) is 0 Å². The van der Waals surface area contributed by atoms with Gasteiger partial charge < -0.3 is 19.6 Å². The van der Waals surface area contributed by atoms with E-state index in [2.05, 4.69) is 173 Å². The van der Waals surface area contributed by atoms with Gasteiger partial charge in [-0.25, -0.2) is 0 Å². The zero-order valence-electron chi connectivity index (χ0n) is 25.3. The van der Waals surface area contributed by atoms with Crippen LogP contribution in [0.25, 0.3) is 0 Å². The molecule has 6 heteroatoms. The van der Waals surface area contributed by atoms with Crippen molar-refractivity contribution in [3.05, 3.63) is 97.1 Å². The zero-order valence-corrected chi connectivity index (χ0v) is 27.1. The molecule has 0 fully saturated rings. The maximum atomic E-state index is 2.36. The van der Waals surface area contributed by atoms with E-state index in [4.69, 9.17) is 0 Å². The van der Waals surface area contributed by atoms with E-state index in [1.54, 1.807) is 0 Å². The van der Waals surface area contributed by atoms with Crippen molar-refractivity contribution in [3.8, 4) is 0 Å². The second kappa shape index (κ2) is 13.5. The minimum Gasteiger partial charge on any atom is -0.377 e. The van der Waals surface area contributed by atoms with Crippen LogP contribution in [0.2, 0.25) is 0 Å². The van der Waals surface area contributed by atoms with Crippen molar-refractivity contribution in [2.45, 2.75) is 0 Å². The van der Waals surface area contributed by atoms with Gasteiger partial charge in [-0.3, -0.25) is 0 Å². The summed E-state index contributed by atoms with van der Waals surface area (Å²) >= 11 is 0. The summed E-state index contributed by atoms with van der Waals surface area (Å²) < 4.78 is 0. The fourth-order valence-corrected chi connectivity index (χ4v) is 11.6. The summed E-state index contributed by atoms with van der Waals surface area (Å²) in [6.07, 6.45) is 2.22. The van der Waals surface area contributed by atoms with Crippen LogP contribution in [-0.4, -0.2) is 68.7 Å². The van der Waals surface area contributed by atoms with Crippen LogP contribution in [0.3, 0.4) is 0 Å². The Morgan fingerprint density at radius 1 is 0.350 bits per heavy atom. The van der Waals surface area contributed by atoms with E-state index in [1.165, 1.54) is 44.0 Å². The molecule has 0 atom stereocenters. The second-order valence-corrected chi connectivity index (χ2v) is 15.4. The largest absolute Gasteiger partial charge is 0.377 e. The average Bonchev–Trinajstić information content (AvgIpc) is 2.95. The summed E-state index contributed by atoms with van der Waals surface area (Å²) in [5.74, 6) is 0. The number of nitrogens with zero attached hydrogens (tertiary/aromatic N) is 4. The van der Waals surface area contributed by atoms with Crippen molar-refractivity contribution < 1.29 is 0 Å². The van der Waals surface area contributed by atoms with Crippen LogP contribution in [0.15, 0.2) is 97.1 Å². The van der Waals surface area contributed by atoms with Gasteiger partial charge in [0.15, 0.2) is 0 Å². The van der Waals surface area contributed by atoms with E-state index in [0.29, 0.717) is 0 Å². The summed E-state index contributed by atoms with van der Waals surface area (Å²) in [6, 6.07) is 36.0. The molecule has 0 N–H and O–H groups in total. The maximum absolute atomic E-state index is 2.36. The predicted molar refractivity (Wildman–Crippen MR) is 185 cm³/mol. The molecule has 0 radical (unpaired) electrons. The van der Waals surface area contributed by atoms with Crippen LogP contribution in [0, 0.1) is 0 Å². The van der Waals surface area contributed by atoms with Crippen molar-refractivity contribution in [2.24, 2.45) is 0 Å². The highest BCUT2D eigenvalue weighted by molar-refractivity contribution is 7.77. The molecule has 210 valence electrons. The Hall–Kier alpha value is -3.06. The Morgan fingerprint density at radius 2 is 0.550 bits per heavy atom. The Morgan fingerprint density at radius 3 is 0.750 bits per heavy atom. The summed E-state index contributed by atoms with van der Waals surface area (Å²) in [6.45, 7) is 0. The topological polar surface area (TPSA) is 13.0 Å². The van der Waals surface area contributed by atoms with Gasteiger partial charge in [-0.2, -0.15) is 0 Å². The van der Waals surface area contributed by atoms with Crippen LogP contribution in [0.1, 0.15) is 0 Å². The summed E-state index contributed by atoms with van der Waals surface area (Å²) in [5, 5.41) is 5.81. The molecule has 0 aliphatic heterocycles. The Labute approximate surface area is 244 Å². The first kappa shape index (κ1) is 29.9. The predicted octanol–water partition coefficient (Wildman–Crippen LogP) is 5.52. The molecule has 0 unspecified atom stereocenters. The van der Waals surface area contributed by atoms with E-state index >= 15 is 0 Å². The van der Waals surface area contributed by atoms with E-state index in [1.807, 2.05) is 0 Å². The number of hydrogen-bond acceptors (Lipinski definition) is 4. The Balaban J connectivity index is 1.88. The van der Waals surface area contributed by atoms with Gasteiger partial charge in [0.2, 0.25) is 0 Å². The van der Waals surface area contributed by atoms with Crippen LogP contribution in [-0.2, 0) is 0 Å². The van der Waals surface area contributed by atoms with E-state index in [0.717, 1.165) is 12.3 Å². The van der Waals surface area contributed by atoms with Crippen molar-refractivity contribution in [1.82, 2.24) is 0 Å². The lowest BCUT2D eigenvalue weighted by Gasteiger charge is -2.32. The SMILES string of the molecule is CN(C)c1ccccc1P(CCP(c1ccccc1N(C)C)c1ccccc1N(C)C)c1ccccc1N(C)C.